The van der Waals surface area contributed by atoms with Crippen molar-refractivity contribution in [3.05, 3.63) is 77.1 Å². The average molecular weight is 435 g/mol. The first-order valence-corrected chi connectivity index (χ1v) is 10.1. The highest BCUT2D eigenvalue weighted by Gasteiger charge is 2.38. The summed E-state index contributed by atoms with van der Waals surface area (Å²) < 4.78 is 75.3. The average Bonchev–Trinajstić information content (AvgIpc) is 2.72. The molecule has 0 radical (unpaired) electrons. The van der Waals surface area contributed by atoms with Crippen LogP contribution in [0.15, 0.2) is 43.0 Å². The Hall–Kier alpha value is -2.88. The Morgan fingerprint density at radius 1 is 1.03 bits per heavy atom. The highest BCUT2D eigenvalue weighted by atomic mass is 19.3. The molecule has 0 amide bonds. The summed E-state index contributed by atoms with van der Waals surface area (Å²) in [5.41, 5.74) is -1.29. The Balaban J connectivity index is 1.73. The number of rotatable bonds is 7. The minimum absolute atomic E-state index is 0.0970. The first-order chi connectivity index (χ1) is 14.7. The zero-order valence-electron chi connectivity index (χ0n) is 16.8. The third-order valence-electron chi connectivity index (χ3n) is 5.78. The van der Waals surface area contributed by atoms with Crippen LogP contribution in [0, 0.1) is 34.7 Å². The summed E-state index contributed by atoms with van der Waals surface area (Å²) in [4.78, 5) is 0. The number of hydrogen-bond donors (Lipinski definition) is 0. The molecule has 0 spiro atoms. The SMILES string of the molecule is C=CCCC1CCC(c2ccc(C(F)(F)Oc3cc(F)c(C#N)c(F)c3)c(F)c2)CC1. The Bertz CT molecular complexity index is 967. The fourth-order valence-corrected chi connectivity index (χ4v) is 4.08. The maximum atomic E-state index is 14.6. The van der Waals surface area contributed by atoms with Gasteiger partial charge in [0.05, 0.1) is 5.56 Å². The van der Waals surface area contributed by atoms with Crippen molar-refractivity contribution in [2.24, 2.45) is 5.92 Å². The summed E-state index contributed by atoms with van der Waals surface area (Å²) in [6.07, 6.45) is 3.48. The van der Waals surface area contributed by atoms with Crippen molar-refractivity contribution in [2.45, 2.75) is 50.6 Å². The second-order valence-corrected chi connectivity index (χ2v) is 7.82. The molecule has 1 fully saturated rings. The zero-order chi connectivity index (χ0) is 22.6. The Morgan fingerprint density at radius 2 is 1.68 bits per heavy atom. The largest absolute Gasteiger partial charge is 0.429 e. The molecule has 0 saturated heterocycles. The minimum atomic E-state index is -4.15. The number of allylic oxidation sites excluding steroid dienone is 1. The van der Waals surface area contributed by atoms with Crippen molar-refractivity contribution < 1.29 is 26.7 Å². The number of hydrogen-bond acceptors (Lipinski definition) is 2. The topological polar surface area (TPSA) is 33.0 Å². The van der Waals surface area contributed by atoms with Crippen LogP contribution in [0.4, 0.5) is 22.0 Å². The van der Waals surface area contributed by atoms with Crippen molar-refractivity contribution in [1.82, 2.24) is 0 Å². The molecule has 0 aromatic heterocycles. The van der Waals surface area contributed by atoms with Gasteiger partial charge in [0.25, 0.3) is 0 Å². The van der Waals surface area contributed by atoms with Crippen LogP contribution in [-0.4, -0.2) is 0 Å². The lowest BCUT2D eigenvalue weighted by atomic mass is 9.77. The van der Waals surface area contributed by atoms with Gasteiger partial charge in [-0.1, -0.05) is 12.1 Å². The van der Waals surface area contributed by atoms with E-state index in [1.54, 1.807) is 0 Å². The van der Waals surface area contributed by atoms with Crippen molar-refractivity contribution in [1.29, 1.82) is 5.26 Å². The van der Waals surface area contributed by atoms with Gasteiger partial charge in [-0.15, -0.1) is 6.58 Å². The lowest BCUT2D eigenvalue weighted by Gasteiger charge is -2.29. The molecule has 2 aromatic carbocycles. The maximum absolute atomic E-state index is 14.6. The van der Waals surface area contributed by atoms with Crippen molar-refractivity contribution in [3.63, 3.8) is 0 Å². The van der Waals surface area contributed by atoms with Gasteiger partial charge in [0.1, 0.15) is 34.8 Å². The molecule has 7 heteroatoms. The highest BCUT2D eigenvalue weighted by molar-refractivity contribution is 5.38. The lowest BCUT2D eigenvalue weighted by Crippen LogP contribution is -2.24. The summed E-state index contributed by atoms with van der Waals surface area (Å²) >= 11 is 0. The number of nitrogens with zero attached hydrogens (tertiary/aromatic N) is 1. The second-order valence-electron chi connectivity index (χ2n) is 7.82. The predicted molar refractivity (Wildman–Crippen MR) is 106 cm³/mol. The number of ether oxygens (including phenoxy) is 1. The number of nitriles is 1. The normalized spacial score (nSPS) is 19.0. The number of alkyl halides is 2. The Morgan fingerprint density at radius 3 is 2.23 bits per heavy atom. The van der Waals surface area contributed by atoms with E-state index in [4.69, 9.17) is 5.26 Å². The zero-order valence-corrected chi connectivity index (χ0v) is 16.8. The molecule has 31 heavy (non-hydrogen) atoms. The Kier molecular flexibility index (Phi) is 6.99. The first-order valence-electron chi connectivity index (χ1n) is 10.1. The van der Waals surface area contributed by atoms with Crippen molar-refractivity contribution in [2.75, 3.05) is 0 Å². The number of halogens is 5. The van der Waals surface area contributed by atoms with Gasteiger partial charge in [0.2, 0.25) is 0 Å². The van der Waals surface area contributed by atoms with Gasteiger partial charge in [0, 0.05) is 12.1 Å². The molecule has 0 unspecified atom stereocenters. The smallest absolute Gasteiger partial charge is 0.429 e. The molecule has 164 valence electrons. The molecule has 2 nitrogen and oxygen atoms in total. The molecular formula is C24H22F5NO. The van der Waals surface area contributed by atoms with E-state index < -0.39 is 40.4 Å². The molecular weight excluding hydrogens is 413 g/mol. The molecule has 3 rings (SSSR count). The minimum Gasteiger partial charge on any atom is -0.429 e. The Labute approximate surface area is 178 Å². The number of benzene rings is 2. The van der Waals surface area contributed by atoms with Crippen LogP contribution in [0.3, 0.4) is 0 Å². The molecule has 1 aliphatic rings. The summed E-state index contributed by atoms with van der Waals surface area (Å²) in [6.45, 7) is 3.72. The molecule has 0 aliphatic heterocycles. The van der Waals surface area contributed by atoms with E-state index in [9.17, 15) is 22.0 Å². The molecule has 1 aliphatic carbocycles. The monoisotopic (exact) mass is 435 g/mol. The van der Waals surface area contributed by atoms with Crippen LogP contribution < -0.4 is 4.74 Å². The summed E-state index contributed by atoms with van der Waals surface area (Å²) in [7, 11) is 0. The molecule has 0 heterocycles. The standard InChI is InChI=1S/C24H22F5NO/c1-2-3-4-15-5-7-16(8-6-15)17-9-10-20(23(27)11-17)24(28,29)31-18-12-21(25)19(14-30)22(26)13-18/h2,9-13,15-16H,1,3-8H2. The van der Waals surface area contributed by atoms with Gasteiger partial charge in [-0.3, -0.25) is 0 Å². The summed E-state index contributed by atoms with van der Waals surface area (Å²) in [6, 6.07) is 5.70. The third-order valence-corrected chi connectivity index (χ3v) is 5.78. The maximum Gasteiger partial charge on any atom is 0.429 e. The summed E-state index contributed by atoms with van der Waals surface area (Å²) in [5.74, 6) is -3.98. The van der Waals surface area contributed by atoms with Gasteiger partial charge in [-0.2, -0.15) is 14.0 Å². The highest BCUT2D eigenvalue weighted by Crippen LogP contribution is 2.40. The van der Waals surface area contributed by atoms with E-state index in [1.165, 1.54) is 12.1 Å². The first kappa shape index (κ1) is 22.8. The fourth-order valence-electron chi connectivity index (χ4n) is 4.08. The second kappa shape index (κ2) is 9.51. The molecule has 0 bridgehead atoms. The van der Waals surface area contributed by atoms with Gasteiger partial charge in [-0.25, -0.2) is 13.2 Å². The van der Waals surface area contributed by atoms with Crippen LogP contribution in [0.2, 0.25) is 0 Å². The third kappa shape index (κ3) is 5.25. The van der Waals surface area contributed by atoms with E-state index in [-0.39, 0.29) is 5.92 Å². The van der Waals surface area contributed by atoms with Gasteiger partial charge >= 0.3 is 6.11 Å². The molecule has 1 saturated carbocycles. The summed E-state index contributed by atoms with van der Waals surface area (Å²) in [5, 5.41) is 8.65. The van der Waals surface area contributed by atoms with E-state index in [0.717, 1.165) is 50.7 Å². The van der Waals surface area contributed by atoms with Crippen molar-refractivity contribution >= 4 is 0 Å². The van der Waals surface area contributed by atoms with E-state index in [0.29, 0.717) is 23.6 Å². The predicted octanol–water partition coefficient (Wildman–Crippen LogP) is 7.34. The van der Waals surface area contributed by atoms with Crippen LogP contribution in [0.1, 0.15) is 61.1 Å². The van der Waals surface area contributed by atoms with E-state index in [2.05, 4.69) is 11.3 Å². The van der Waals surface area contributed by atoms with Gasteiger partial charge in [0.15, 0.2) is 0 Å². The van der Waals surface area contributed by atoms with Crippen LogP contribution in [0.25, 0.3) is 0 Å². The lowest BCUT2D eigenvalue weighted by molar-refractivity contribution is -0.187. The van der Waals surface area contributed by atoms with E-state index >= 15 is 0 Å². The van der Waals surface area contributed by atoms with Gasteiger partial charge < -0.3 is 4.74 Å². The van der Waals surface area contributed by atoms with Crippen LogP contribution in [0.5, 0.6) is 5.75 Å². The molecule has 2 aromatic rings. The molecule has 0 N–H and O–H groups in total. The van der Waals surface area contributed by atoms with E-state index in [1.807, 2.05) is 6.08 Å². The van der Waals surface area contributed by atoms with Crippen LogP contribution in [-0.2, 0) is 6.11 Å². The quantitative estimate of drug-likeness (QED) is 0.337. The van der Waals surface area contributed by atoms with Crippen molar-refractivity contribution in [3.8, 4) is 11.8 Å². The van der Waals surface area contributed by atoms with Crippen LogP contribution >= 0.6 is 0 Å². The fraction of sp³-hybridized carbons (Fsp3) is 0.375. The molecule has 0 atom stereocenters. The van der Waals surface area contributed by atoms with Gasteiger partial charge in [-0.05, 0) is 68.1 Å².